The van der Waals surface area contributed by atoms with Crippen LogP contribution in [0.5, 0.6) is 5.75 Å². The molecule has 0 aliphatic heterocycles. The van der Waals surface area contributed by atoms with Crippen LogP contribution in [0.4, 0.5) is 10.5 Å². The second kappa shape index (κ2) is 8.11. The first kappa shape index (κ1) is 16.8. The van der Waals surface area contributed by atoms with Crippen molar-refractivity contribution in [2.45, 2.75) is 20.0 Å². The van der Waals surface area contributed by atoms with E-state index < -0.39 is 10.8 Å². The molecule has 1 aromatic rings. The molecule has 0 heterocycles. The average molecular weight is 319 g/mol. The molecular formula is C13H19ClN2O3S. The molecule has 0 aliphatic carbocycles. The van der Waals surface area contributed by atoms with Crippen molar-refractivity contribution in [3.05, 3.63) is 23.2 Å². The average Bonchev–Trinajstić information content (AvgIpc) is 2.32. The number of carbonyl (C=O) groups excluding carboxylic acids is 1. The highest BCUT2D eigenvalue weighted by atomic mass is 35.5. The Morgan fingerprint density at radius 1 is 1.45 bits per heavy atom. The van der Waals surface area contributed by atoms with E-state index in [1.54, 1.807) is 24.5 Å². The number of anilines is 1. The number of hydrogen-bond acceptors (Lipinski definition) is 3. The Labute approximate surface area is 126 Å². The highest BCUT2D eigenvalue weighted by Gasteiger charge is 2.12. The summed E-state index contributed by atoms with van der Waals surface area (Å²) in [7, 11) is -0.933. The smallest absolute Gasteiger partial charge is 0.319 e. The van der Waals surface area contributed by atoms with Crippen LogP contribution in [0.15, 0.2) is 18.2 Å². The van der Waals surface area contributed by atoms with Crippen LogP contribution in [-0.4, -0.2) is 34.9 Å². The minimum atomic E-state index is -0.933. The number of hydrogen-bond donors (Lipinski definition) is 2. The Morgan fingerprint density at radius 2 is 2.15 bits per heavy atom. The van der Waals surface area contributed by atoms with Gasteiger partial charge in [-0.05, 0) is 26.0 Å². The van der Waals surface area contributed by atoms with Gasteiger partial charge in [-0.3, -0.25) is 4.21 Å². The number of amides is 2. The third kappa shape index (κ3) is 5.79. The molecule has 1 atom stereocenters. The standard InChI is InChI=1S/C13H19ClN2O3S/c1-9(2)19-12-10(14)5-4-6-11(12)16-13(17)15-7-8-20(3)18/h4-6,9H,7-8H2,1-3H3,(H2,15,16,17)/t20-/m0/s1. The van der Waals surface area contributed by atoms with Crippen molar-refractivity contribution in [2.75, 3.05) is 23.9 Å². The molecule has 0 fully saturated rings. The van der Waals surface area contributed by atoms with Gasteiger partial charge >= 0.3 is 6.03 Å². The molecule has 112 valence electrons. The molecule has 0 aliphatic rings. The second-order valence-corrected chi connectivity index (χ2v) is 6.40. The van der Waals surface area contributed by atoms with Crippen LogP contribution < -0.4 is 15.4 Å². The Hall–Kier alpha value is -1.27. The topological polar surface area (TPSA) is 67.4 Å². The molecule has 7 heteroatoms. The van der Waals surface area contributed by atoms with E-state index >= 15 is 0 Å². The zero-order valence-corrected chi connectivity index (χ0v) is 13.3. The van der Waals surface area contributed by atoms with Crippen LogP contribution in [0.2, 0.25) is 5.02 Å². The van der Waals surface area contributed by atoms with Gasteiger partial charge in [-0.2, -0.15) is 0 Å². The van der Waals surface area contributed by atoms with E-state index in [0.717, 1.165) is 0 Å². The normalized spacial score (nSPS) is 12.1. The van der Waals surface area contributed by atoms with E-state index in [0.29, 0.717) is 28.8 Å². The van der Waals surface area contributed by atoms with Crippen molar-refractivity contribution in [2.24, 2.45) is 0 Å². The number of para-hydroxylation sites is 1. The lowest BCUT2D eigenvalue weighted by Gasteiger charge is -2.16. The van der Waals surface area contributed by atoms with Gasteiger partial charge < -0.3 is 15.4 Å². The number of nitrogens with one attached hydrogen (secondary N) is 2. The van der Waals surface area contributed by atoms with Gasteiger partial charge in [-0.1, -0.05) is 17.7 Å². The van der Waals surface area contributed by atoms with Gasteiger partial charge in [0.25, 0.3) is 0 Å². The zero-order valence-electron chi connectivity index (χ0n) is 11.7. The SMILES string of the molecule is CC(C)Oc1c(Cl)cccc1NC(=O)NCC[S@](C)=O. The Morgan fingerprint density at radius 3 is 2.75 bits per heavy atom. The van der Waals surface area contributed by atoms with Gasteiger partial charge in [0.2, 0.25) is 0 Å². The van der Waals surface area contributed by atoms with Crippen LogP contribution in [0.1, 0.15) is 13.8 Å². The van der Waals surface area contributed by atoms with Crippen molar-refractivity contribution < 1.29 is 13.7 Å². The van der Waals surface area contributed by atoms with Gasteiger partial charge in [0, 0.05) is 29.4 Å². The van der Waals surface area contributed by atoms with Crippen molar-refractivity contribution >= 4 is 34.1 Å². The van der Waals surface area contributed by atoms with Crippen molar-refractivity contribution in [1.29, 1.82) is 0 Å². The maximum absolute atomic E-state index is 11.7. The molecule has 0 bridgehead atoms. The summed E-state index contributed by atoms with van der Waals surface area (Å²) in [5.41, 5.74) is 0.501. The van der Waals surface area contributed by atoms with E-state index in [-0.39, 0.29) is 12.1 Å². The maximum Gasteiger partial charge on any atom is 0.319 e. The highest BCUT2D eigenvalue weighted by molar-refractivity contribution is 7.84. The molecule has 1 aromatic carbocycles. The van der Waals surface area contributed by atoms with Gasteiger partial charge in [0.1, 0.15) is 0 Å². The van der Waals surface area contributed by atoms with Crippen molar-refractivity contribution in [3.63, 3.8) is 0 Å². The largest absolute Gasteiger partial charge is 0.487 e. The van der Waals surface area contributed by atoms with Crippen LogP contribution in [0, 0.1) is 0 Å². The van der Waals surface area contributed by atoms with Crippen LogP contribution in [0.25, 0.3) is 0 Å². The fraction of sp³-hybridized carbons (Fsp3) is 0.462. The summed E-state index contributed by atoms with van der Waals surface area (Å²) in [6.07, 6.45) is 1.53. The van der Waals surface area contributed by atoms with Gasteiger partial charge in [-0.25, -0.2) is 4.79 Å². The summed E-state index contributed by atoms with van der Waals surface area (Å²) >= 11 is 6.07. The number of benzene rings is 1. The molecule has 2 amide bonds. The quantitative estimate of drug-likeness (QED) is 0.847. The molecule has 1 rings (SSSR count). The lowest BCUT2D eigenvalue weighted by molar-refractivity contribution is 0.242. The first-order valence-corrected chi connectivity index (χ1v) is 8.30. The van der Waals surface area contributed by atoms with E-state index in [2.05, 4.69) is 10.6 Å². The first-order valence-electron chi connectivity index (χ1n) is 6.20. The summed E-state index contributed by atoms with van der Waals surface area (Å²) < 4.78 is 16.5. The van der Waals surface area contributed by atoms with Crippen LogP contribution in [0.3, 0.4) is 0 Å². The number of urea groups is 1. The minimum absolute atomic E-state index is 0.0546. The van der Waals surface area contributed by atoms with E-state index in [1.807, 2.05) is 13.8 Å². The fourth-order valence-electron chi connectivity index (χ4n) is 1.44. The molecule has 0 aromatic heterocycles. The Bertz CT molecular complexity index is 495. The predicted molar refractivity (Wildman–Crippen MR) is 83.2 cm³/mol. The summed E-state index contributed by atoms with van der Waals surface area (Å²) in [5.74, 6) is 0.858. The molecule has 0 radical (unpaired) electrons. The number of halogens is 1. The van der Waals surface area contributed by atoms with E-state index in [9.17, 15) is 9.00 Å². The zero-order chi connectivity index (χ0) is 15.1. The number of rotatable bonds is 6. The number of carbonyl (C=O) groups is 1. The Balaban J connectivity index is 2.69. The molecule has 0 saturated heterocycles. The summed E-state index contributed by atoms with van der Waals surface area (Å²) in [4.78, 5) is 11.7. The molecule has 0 unspecified atom stereocenters. The van der Waals surface area contributed by atoms with E-state index in [4.69, 9.17) is 16.3 Å². The fourth-order valence-corrected chi connectivity index (χ4v) is 2.05. The molecule has 2 N–H and O–H groups in total. The molecule has 0 spiro atoms. The third-order valence-corrected chi connectivity index (χ3v) is 3.32. The molecule has 0 saturated carbocycles. The second-order valence-electron chi connectivity index (χ2n) is 4.44. The minimum Gasteiger partial charge on any atom is -0.487 e. The summed E-state index contributed by atoms with van der Waals surface area (Å²) in [6, 6.07) is 4.75. The van der Waals surface area contributed by atoms with Crippen molar-refractivity contribution in [1.82, 2.24) is 5.32 Å². The first-order chi connectivity index (χ1) is 9.40. The lowest BCUT2D eigenvalue weighted by Crippen LogP contribution is -2.32. The maximum atomic E-state index is 11.7. The molecular weight excluding hydrogens is 300 g/mol. The Kier molecular flexibility index (Phi) is 6.81. The predicted octanol–water partition coefficient (Wildman–Crippen LogP) is 2.63. The van der Waals surface area contributed by atoms with E-state index in [1.165, 1.54) is 0 Å². The van der Waals surface area contributed by atoms with Gasteiger partial charge in [0.15, 0.2) is 5.75 Å². The highest BCUT2D eigenvalue weighted by Crippen LogP contribution is 2.33. The monoisotopic (exact) mass is 318 g/mol. The summed E-state index contributed by atoms with van der Waals surface area (Å²) in [5, 5.41) is 5.73. The van der Waals surface area contributed by atoms with Gasteiger partial charge in [-0.15, -0.1) is 0 Å². The van der Waals surface area contributed by atoms with Gasteiger partial charge in [0.05, 0.1) is 16.8 Å². The molecule has 5 nitrogen and oxygen atoms in total. The van der Waals surface area contributed by atoms with Crippen LogP contribution in [-0.2, 0) is 10.8 Å². The third-order valence-electron chi connectivity index (χ3n) is 2.24. The number of ether oxygens (including phenoxy) is 1. The lowest BCUT2D eigenvalue weighted by atomic mass is 10.3. The summed E-state index contributed by atoms with van der Waals surface area (Å²) in [6.45, 7) is 4.10. The molecule has 20 heavy (non-hydrogen) atoms. The van der Waals surface area contributed by atoms with Crippen molar-refractivity contribution in [3.8, 4) is 5.75 Å². The van der Waals surface area contributed by atoms with Crippen LogP contribution >= 0.6 is 11.6 Å².